The number of nitrogens with one attached hydrogen (secondary N) is 3. The summed E-state index contributed by atoms with van der Waals surface area (Å²) in [5, 5.41) is 5.97. The Bertz CT molecular complexity index is 1360. The van der Waals surface area contributed by atoms with E-state index in [1.807, 2.05) is 0 Å². The molecule has 2 heterocycles. The maximum atomic E-state index is 12.9. The summed E-state index contributed by atoms with van der Waals surface area (Å²) in [6.07, 6.45) is 5.52. The van der Waals surface area contributed by atoms with Crippen molar-refractivity contribution in [3.8, 4) is 0 Å². The van der Waals surface area contributed by atoms with Gasteiger partial charge in [0.25, 0.3) is 11.5 Å². The zero-order chi connectivity index (χ0) is 28.9. The number of aromatic amines is 1. The third-order valence-electron chi connectivity index (χ3n) is 6.30. The number of aromatic nitrogens is 4. The summed E-state index contributed by atoms with van der Waals surface area (Å²) in [4.78, 5) is 64.8. The Kier molecular flexibility index (Phi) is 11.7. The molecular weight excluding hydrogens is 514 g/mol. The van der Waals surface area contributed by atoms with E-state index in [1.54, 1.807) is 24.3 Å². The van der Waals surface area contributed by atoms with Crippen molar-refractivity contribution >= 4 is 40.3 Å². The standard InChI is InChI=1S/C27H37N9O4/c28-13-3-1-5-20(37)11-12-21(22(38)6-2-4-14-29)34-25(39)17-7-9-18(10-8-17)31-15-19-16-32-24-23(33-19)26(40)36-27(30)35-24/h7-10,16,21,31H,1-6,11-15,28-29H2,(H,34,39)(H3,30,32,35,36,40). The molecule has 214 valence electrons. The molecular formula is C27H37N9O4. The number of unbranched alkanes of at least 4 members (excludes halogenated alkanes) is 2. The zero-order valence-corrected chi connectivity index (χ0v) is 22.4. The molecule has 0 aliphatic carbocycles. The SMILES string of the molecule is NCCCCC(=O)CCC(NC(=O)c1ccc(NCc2cnc3nc(N)[nH]c(=O)c3n2)cc1)C(=O)CCCCN. The number of rotatable bonds is 17. The minimum Gasteiger partial charge on any atom is -0.379 e. The highest BCUT2D eigenvalue weighted by Gasteiger charge is 2.22. The highest BCUT2D eigenvalue weighted by molar-refractivity contribution is 5.98. The predicted molar refractivity (Wildman–Crippen MR) is 152 cm³/mol. The van der Waals surface area contributed by atoms with Gasteiger partial charge < -0.3 is 27.8 Å². The molecule has 0 aliphatic heterocycles. The molecule has 2 aromatic heterocycles. The summed E-state index contributed by atoms with van der Waals surface area (Å²) in [5.74, 6) is -0.483. The van der Waals surface area contributed by atoms with Gasteiger partial charge in [-0.05, 0) is 69.5 Å². The average Bonchev–Trinajstić information content (AvgIpc) is 2.94. The van der Waals surface area contributed by atoms with E-state index in [1.165, 1.54) is 6.20 Å². The van der Waals surface area contributed by atoms with Gasteiger partial charge >= 0.3 is 0 Å². The van der Waals surface area contributed by atoms with E-state index in [0.717, 1.165) is 12.8 Å². The second-order valence-electron chi connectivity index (χ2n) is 9.48. The van der Waals surface area contributed by atoms with Gasteiger partial charge in [-0.1, -0.05) is 0 Å². The van der Waals surface area contributed by atoms with Crippen LogP contribution in [0.5, 0.6) is 0 Å². The molecule has 0 saturated heterocycles. The van der Waals surface area contributed by atoms with Gasteiger partial charge in [-0.2, -0.15) is 4.98 Å². The number of benzene rings is 1. The summed E-state index contributed by atoms with van der Waals surface area (Å²) < 4.78 is 0. The molecule has 0 fully saturated rings. The van der Waals surface area contributed by atoms with E-state index in [9.17, 15) is 19.2 Å². The van der Waals surface area contributed by atoms with Gasteiger partial charge in [0.2, 0.25) is 5.95 Å². The van der Waals surface area contributed by atoms with E-state index >= 15 is 0 Å². The first-order valence-electron chi connectivity index (χ1n) is 13.4. The molecule has 1 unspecified atom stereocenters. The van der Waals surface area contributed by atoms with Crippen molar-refractivity contribution in [3.63, 3.8) is 0 Å². The molecule has 3 aromatic rings. The fourth-order valence-electron chi connectivity index (χ4n) is 4.06. The number of nitrogens with two attached hydrogens (primary N) is 3. The molecule has 40 heavy (non-hydrogen) atoms. The minimum absolute atomic E-state index is 0.0316. The Balaban J connectivity index is 1.59. The fraction of sp³-hybridized carbons (Fsp3) is 0.444. The minimum atomic E-state index is -0.749. The van der Waals surface area contributed by atoms with Crippen molar-refractivity contribution in [1.29, 1.82) is 0 Å². The lowest BCUT2D eigenvalue weighted by molar-refractivity contribution is -0.122. The van der Waals surface area contributed by atoms with Crippen LogP contribution >= 0.6 is 0 Å². The monoisotopic (exact) mass is 551 g/mol. The molecule has 0 bridgehead atoms. The smallest absolute Gasteiger partial charge is 0.280 e. The molecule has 0 aliphatic rings. The molecule has 3 rings (SSSR count). The van der Waals surface area contributed by atoms with Gasteiger partial charge in [-0.25, -0.2) is 9.97 Å². The first-order chi connectivity index (χ1) is 19.3. The number of hydrogen-bond donors (Lipinski definition) is 6. The van der Waals surface area contributed by atoms with Crippen LogP contribution in [0.3, 0.4) is 0 Å². The van der Waals surface area contributed by atoms with Crippen LogP contribution in [0.15, 0.2) is 35.3 Å². The van der Waals surface area contributed by atoms with Gasteiger partial charge in [-0.15, -0.1) is 0 Å². The lowest BCUT2D eigenvalue weighted by atomic mass is 9.98. The van der Waals surface area contributed by atoms with Gasteiger partial charge in [0.1, 0.15) is 5.78 Å². The number of nitrogens with zero attached hydrogens (tertiary/aromatic N) is 3. The normalized spacial score (nSPS) is 11.8. The van der Waals surface area contributed by atoms with Crippen LogP contribution in [-0.4, -0.2) is 56.5 Å². The average molecular weight is 552 g/mol. The Morgan fingerprint density at radius 1 is 0.925 bits per heavy atom. The number of nitrogen functional groups attached to an aromatic ring is 1. The third-order valence-corrected chi connectivity index (χ3v) is 6.30. The van der Waals surface area contributed by atoms with Crippen molar-refractivity contribution in [1.82, 2.24) is 25.3 Å². The van der Waals surface area contributed by atoms with Crippen LogP contribution in [0.1, 0.15) is 67.4 Å². The number of H-pyrrole nitrogens is 1. The van der Waals surface area contributed by atoms with Crippen molar-refractivity contribution in [2.75, 3.05) is 24.1 Å². The summed E-state index contributed by atoms with van der Waals surface area (Å²) in [7, 11) is 0. The second-order valence-corrected chi connectivity index (χ2v) is 9.48. The molecule has 13 heteroatoms. The molecule has 0 spiro atoms. The number of carbonyl (C=O) groups excluding carboxylic acids is 3. The molecule has 0 radical (unpaired) electrons. The van der Waals surface area contributed by atoms with Crippen LogP contribution in [0.2, 0.25) is 0 Å². The van der Waals surface area contributed by atoms with E-state index < -0.39 is 17.5 Å². The predicted octanol–water partition coefficient (Wildman–Crippen LogP) is 1.18. The first-order valence-corrected chi connectivity index (χ1v) is 13.4. The van der Waals surface area contributed by atoms with Crippen molar-refractivity contribution in [2.45, 2.75) is 64.0 Å². The van der Waals surface area contributed by atoms with Crippen LogP contribution in [-0.2, 0) is 16.1 Å². The highest BCUT2D eigenvalue weighted by atomic mass is 16.2. The van der Waals surface area contributed by atoms with Crippen LogP contribution < -0.4 is 33.4 Å². The Morgan fingerprint density at radius 2 is 1.62 bits per heavy atom. The number of amides is 1. The summed E-state index contributed by atoms with van der Waals surface area (Å²) in [6.45, 7) is 1.30. The third kappa shape index (κ3) is 9.20. The fourth-order valence-corrected chi connectivity index (χ4v) is 4.06. The number of ketones is 2. The van der Waals surface area contributed by atoms with Crippen LogP contribution in [0.25, 0.3) is 11.2 Å². The number of anilines is 2. The molecule has 9 N–H and O–H groups in total. The molecule has 0 saturated carbocycles. The van der Waals surface area contributed by atoms with Gasteiger partial charge in [0.05, 0.1) is 24.5 Å². The molecule has 1 amide bonds. The number of Topliss-reactive ketones (excluding diaryl/α,β-unsaturated/α-hetero) is 2. The zero-order valence-electron chi connectivity index (χ0n) is 22.4. The van der Waals surface area contributed by atoms with Gasteiger partial charge in [0, 0.05) is 30.5 Å². The first kappa shape index (κ1) is 30.3. The maximum absolute atomic E-state index is 12.9. The Morgan fingerprint density at radius 3 is 2.33 bits per heavy atom. The lowest BCUT2D eigenvalue weighted by Crippen LogP contribution is -2.41. The molecule has 13 nitrogen and oxygen atoms in total. The summed E-state index contributed by atoms with van der Waals surface area (Å²) in [5.41, 5.74) is 17.9. The largest absolute Gasteiger partial charge is 0.379 e. The lowest BCUT2D eigenvalue weighted by Gasteiger charge is -2.18. The highest BCUT2D eigenvalue weighted by Crippen LogP contribution is 2.14. The Hall–Kier alpha value is -4.23. The van der Waals surface area contributed by atoms with Crippen LogP contribution in [0.4, 0.5) is 11.6 Å². The number of fused-ring (bicyclic) bond motifs is 1. The summed E-state index contributed by atoms with van der Waals surface area (Å²) in [6, 6.07) is 5.96. The van der Waals surface area contributed by atoms with Crippen LogP contribution in [0, 0.1) is 0 Å². The number of hydrogen-bond acceptors (Lipinski definition) is 11. The van der Waals surface area contributed by atoms with Crippen molar-refractivity contribution in [2.24, 2.45) is 11.5 Å². The quantitative estimate of drug-likeness (QED) is 0.131. The van der Waals surface area contributed by atoms with Gasteiger partial charge in [0.15, 0.2) is 16.9 Å². The van der Waals surface area contributed by atoms with E-state index in [-0.39, 0.29) is 48.1 Å². The maximum Gasteiger partial charge on any atom is 0.280 e. The van der Waals surface area contributed by atoms with E-state index in [2.05, 4.69) is 30.6 Å². The van der Waals surface area contributed by atoms with E-state index in [0.29, 0.717) is 55.7 Å². The van der Waals surface area contributed by atoms with Crippen molar-refractivity contribution in [3.05, 3.63) is 52.1 Å². The van der Waals surface area contributed by atoms with Gasteiger partial charge in [-0.3, -0.25) is 24.2 Å². The second kappa shape index (κ2) is 15.4. The van der Waals surface area contributed by atoms with E-state index in [4.69, 9.17) is 17.2 Å². The Labute approximate surface area is 231 Å². The molecule has 1 atom stereocenters. The molecule has 1 aromatic carbocycles. The topological polar surface area (TPSA) is 225 Å². The summed E-state index contributed by atoms with van der Waals surface area (Å²) >= 11 is 0. The number of carbonyl (C=O) groups is 3. The van der Waals surface area contributed by atoms with Crippen molar-refractivity contribution < 1.29 is 14.4 Å².